The zero-order valence-corrected chi connectivity index (χ0v) is 12.6. The Labute approximate surface area is 128 Å². The van der Waals surface area contributed by atoms with Gasteiger partial charge in [-0.25, -0.2) is 8.78 Å². The van der Waals surface area contributed by atoms with Crippen molar-refractivity contribution < 1.29 is 13.6 Å². The number of hydrogen-bond donors (Lipinski definition) is 1. The minimum Gasteiger partial charge on any atom is -0.352 e. The van der Waals surface area contributed by atoms with Crippen LogP contribution in [0.15, 0.2) is 36.7 Å². The van der Waals surface area contributed by atoms with E-state index in [2.05, 4.69) is 24.1 Å². The second-order valence-corrected chi connectivity index (χ2v) is 5.56. The van der Waals surface area contributed by atoms with Crippen molar-refractivity contribution in [3.05, 3.63) is 53.9 Å². The predicted molar refractivity (Wildman–Crippen MR) is 81.4 cm³/mol. The van der Waals surface area contributed by atoms with E-state index >= 15 is 0 Å². The van der Waals surface area contributed by atoms with Gasteiger partial charge in [-0.2, -0.15) is 0 Å². The molecule has 22 heavy (non-hydrogen) atoms. The van der Waals surface area contributed by atoms with Gasteiger partial charge in [-0.3, -0.25) is 9.78 Å². The molecule has 3 nitrogen and oxygen atoms in total. The number of aromatic nitrogens is 1. The molecule has 0 saturated heterocycles. The Morgan fingerprint density at radius 3 is 2.41 bits per heavy atom. The molecule has 116 valence electrons. The van der Waals surface area contributed by atoms with Crippen molar-refractivity contribution in [3.8, 4) is 11.1 Å². The van der Waals surface area contributed by atoms with E-state index in [1.165, 1.54) is 24.5 Å². The number of carbonyl (C=O) groups excluding carboxylic acids is 1. The number of nitrogens with zero attached hydrogens (tertiary/aromatic N) is 1. The molecule has 0 bridgehead atoms. The van der Waals surface area contributed by atoms with Crippen LogP contribution in [-0.4, -0.2) is 17.4 Å². The highest BCUT2D eigenvalue weighted by molar-refractivity contribution is 5.95. The van der Waals surface area contributed by atoms with Gasteiger partial charge in [0.15, 0.2) is 0 Å². The fourth-order valence-corrected chi connectivity index (χ4v) is 2.02. The number of rotatable bonds is 5. The molecule has 0 saturated carbocycles. The van der Waals surface area contributed by atoms with Crippen molar-refractivity contribution in [2.75, 3.05) is 6.54 Å². The van der Waals surface area contributed by atoms with E-state index in [0.29, 0.717) is 29.2 Å². The Kier molecular flexibility index (Phi) is 5.20. The Morgan fingerprint density at radius 1 is 1.09 bits per heavy atom. The second-order valence-electron chi connectivity index (χ2n) is 5.56. The van der Waals surface area contributed by atoms with Gasteiger partial charge in [-0.1, -0.05) is 13.8 Å². The van der Waals surface area contributed by atoms with Crippen LogP contribution in [0.1, 0.15) is 30.6 Å². The molecule has 0 spiro atoms. The molecule has 0 aliphatic rings. The minimum atomic E-state index is -0.665. The van der Waals surface area contributed by atoms with Crippen molar-refractivity contribution in [2.24, 2.45) is 5.92 Å². The first-order valence-corrected chi connectivity index (χ1v) is 7.15. The van der Waals surface area contributed by atoms with Crippen LogP contribution in [0.2, 0.25) is 0 Å². The molecule has 5 heteroatoms. The predicted octanol–water partition coefficient (Wildman–Crippen LogP) is 3.80. The zero-order valence-electron chi connectivity index (χ0n) is 12.6. The standard InChI is InChI=1S/C17H18F2N2O/c1-11(2)3-4-21-17(22)14-5-13(9-20-10-14)12-6-15(18)8-16(19)7-12/h5-11H,3-4H2,1-2H3,(H,21,22). The summed E-state index contributed by atoms with van der Waals surface area (Å²) in [4.78, 5) is 16.0. The zero-order chi connectivity index (χ0) is 16.1. The fraction of sp³-hybridized carbons (Fsp3) is 0.294. The third kappa shape index (κ3) is 4.35. The summed E-state index contributed by atoms with van der Waals surface area (Å²) < 4.78 is 26.6. The first-order valence-electron chi connectivity index (χ1n) is 7.15. The molecule has 2 rings (SSSR count). The van der Waals surface area contributed by atoms with E-state index in [-0.39, 0.29) is 5.91 Å². The van der Waals surface area contributed by atoms with Crippen LogP contribution in [0.5, 0.6) is 0 Å². The largest absolute Gasteiger partial charge is 0.352 e. The molecule has 0 aliphatic heterocycles. The lowest BCUT2D eigenvalue weighted by Gasteiger charge is -2.08. The lowest BCUT2D eigenvalue weighted by atomic mass is 10.1. The van der Waals surface area contributed by atoms with Gasteiger partial charge in [0.2, 0.25) is 0 Å². The number of amides is 1. The van der Waals surface area contributed by atoms with Gasteiger partial charge in [-0.05, 0) is 36.1 Å². The first kappa shape index (κ1) is 16.1. The smallest absolute Gasteiger partial charge is 0.252 e. The summed E-state index contributed by atoms with van der Waals surface area (Å²) in [6.45, 7) is 4.73. The van der Waals surface area contributed by atoms with E-state index in [1.807, 2.05) is 0 Å². The molecule has 1 aromatic heterocycles. The van der Waals surface area contributed by atoms with Gasteiger partial charge < -0.3 is 5.32 Å². The summed E-state index contributed by atoms with van der Waals surface area (Å²) >= 11 is 0. The summed E-state index contributed by atoms with van der Waals surface area (Å²) in [6.07, 6.45) is 3.79. The first-order chi connectivity index (χ1) is 10.5. The van der Waals surface area contributed by atoms with Crippen LogP contribution in [0.3, 0.4) is 0 Å². The highest BCUT2D eigenvalue weighted by Gasteiger charge is 2.09. The average molecular weight is 304 g/mol. The highest BCUT2D eigenvalue weighted by atomic mass is 19.1. The molecule has 1 amide bonds. The maximum absolute atomic E-state index is 13.3. The van der Waals surface area contributed by atoms with Crippen LogP contribution >= 0.6 is 0 Å². The number of halogens is 2. The van der Waals surface area contributed by atoms with E-state index in [4.69, 9.17) is 0 Å². The molecular weight excluding hydrogens is 286 g/mol. The number of nitrogens with one attached hydrogen (secondary N) is 1. The van der Waals surface area contributed by atoms with Crippen molar-refractivity contribution in [1.29, 1.82) is 0 Å². The van der Waals surface area contributed by atoms with E-state index in [0.717, 1.165) is 12.5 Å². The quantitative estimate of drug-likeness (QED) is 0.913. The average Bonchev–Trinajstić information content (AvgIpc) is 2.46. The summed E-state index contributed by atoms with van der Waals surface area (Å²) in [5.74, 6) is -1.07. The van der Waals surface area contributed by atoms with Gasteiger partial charge in [0.25, 0.3) is 5.91 Å². The van der Waals surface area contributed by atoms with E-state index in [9.17, 15) is 13.6 Å². The minimum absolute atomic E-state index is 0.244. The number of pyridine rings is 1. The third-order valence-electron chi connectivity index (χ3n) is 3.20. The monoisotopic (exact) mass is 304 g/mol. The van der Waals surface area contributed by atoms with E-state index in [1.54, 1.807) is 6.07 Å². The van der Waals surface area contributed by atoms with Gasteiger partial charge in [0, 0.05) is 30.6 Å². The van der Waals surface area contributed by atoms with Crippen molar-refractivity contribution >= 4 is 5.91 Å². The normalized spacial score (nSPS) is 10.8. The Hall–Kier alpha value is -2.30. The SMILES string of the molecule is CC(C)CCNC(=O)c1cncc(-c2cc(F)cc(F)c2)c1. The van der Waals surface area contributed by atoms with Gasteiger partial charge in [0.1, 0.15) is 11.6 Å². The maximum atomic E-state index is 13.3. The molecule has 0 atom stereocenters. The van der Waals surface area contributed by atoms with Crippen LogP contribution in [0.25, 0.3) is 11.1 Å². The van der Waals surface area contributed by atoms with Crippen molar-refractivity contribution in [2.45, 2.75) is 20.3 Å². The molecule has 0 radical (unpaired) electrons. The van der Waals surface area contributed by atoms with Crippen LogP contribution in [0.4, 0.5) is 8.78 Å². The van der Waals surface area contributed by atoms with Gasteiger partial charge >= 0.3 is 0 Å². The third-order valence-corrected chi connectivity index (χ3v) is 3.20. The lowest BCUT2D eigenvalue weighted by molar-refractivity contribution is 0.0951. The van der Waals surface area contributed by atoms with Crippen molar-refractivity contribution in [3.63, 3.8) is 0 Å². The Morgan fingerprint density at radius 2 is 1.77 bits per heavy atom. The summed E-state index contributed by atoms with van der Waals surface area (Å²) in [5, 5.41) is 2.80. The molecule has 0 fully saturated rings. The highest BCUT2D eigenvalue weighted by Crippen LogP contribution is 2.21. The summed E-state index contributed by atoms with van der Waals surface area (Å²) in [7, 11) is 0. The number of carbonyl (C=O) groups is 1. The Bertz CT molecular complexity index is 651. The summed E-state index contributed by atoms with van der Waals surface area (Å²) in [5.41, 5.74) is 1.21. The topological polar surface area (TPSA) is 42.0 Å². The van der Waals surface area contributed by atoms with Crippen LogP contribution in [-0.2, 0) is 0 Å². The van der Waals surface area contributed by atoms with Crippen LogP contribution in [0, 0.1) is 17.6 Å². The molecule has 2 aromatic rings. The second kappa shape index (κ2) is 7.11. The molecule has 1 aromatic carbocycles. The van der Waals surface area contributed by atoms with Gasteiger partial charge in [-0.15, -0.1) is 0 Å². The van der Waals surface area contributed by atoms with Crippen molar-refractivity contribution in [1.82, 2.24) is 10.3 Å². The number of hydrogen-bond acceptors (Lipinski definition) is 2. The number of benzene rings is 1. The Balaban J connectivity index is 2.17. The molecular formula is C17H18F2N2O. The molecule has 1 heterocycles. The maximum Gasteiger partial charge on any atom is 0.252 e. The lowest BCUT2D eigenvalue weighted by Crippen LogP contribution is -2.25. The molecule has 0 unspecified atom stereocenters. The van der Waals surface area contributed by atoms with E-state index < -0.39 is 11.6 Å². The fourth-order valence-electron chi connectivity index (χ4n) is 2.02. The summed E-state index contributed by atoms with van der Waals surface area (Å²) in [6, 6.07) is 4.80. The molecule has 0 aliphatic carbocycles. The van der Waals surface area contributed by atoms with Crippen LogP contribution < -0.4 is 5.32 Å². The van der Waals surface area contributed by atoms with Gasteiger partial charge in [0.05, 0.1) is 5.56 Å². The molecule has 1 N–H and O–H groups in total.